The summed E-state index contributed by atoms with van der Waals surface area (Å²) in [5.74, 6) is -1.28. The maximum absolute atomic E-state index is 12.6. The molecule has 1 aromatic rings. The van der Waals surface area contributed by atoms with Gasteiger partial charge in [0.2, 0.25) is 0 Å². The van der Waals surface area contributed by atoms with Gasteiger partial charge in [0.25, 0.3) is 5.91 Å². The molecule has 2 rings (SSSR count). The van der Waals surface area contributed by atoms with E-state index in [2.05, 4.69) is 22.6 Å². The molecule has 0 saturated carbocycles. The largest absolute Gasteiger partial charge is 0.496 e. The lowest BCUT2D eigenvalue weighted by molar-refractivity contribution is -0.142. The van der Waals surface area contributed by atoms with Gasteiger partial charge in [0.05, 0.1) is 23.6 Å². The van der Waals surface area contributed by atoms with Crippen molar-refractivity contribution in [2.45, 2.75) is 6.92 Å². The van der Waals surface area contributed by atoms with Gasteiger partial charge < -0.3 is 14.7 Å². The topological polar surface area (TPSA) is 66.8 Å². The fourth-order valence-electron chi connectivity index (χ4n) is 2.49. The Morgan fingerprint density at radius 1 is 1.43 bits per heavy atom. The van der Waals surface area contributed by atoms with Crippen LogP contribution in [0.4, 0.5) is 0 Å². The summed E-state index contributed by atoms with van der Waals surface area (Å²) < 4.78 is 6.03. The third kappa shape index (κ3) is 3.26. The number of halogens is 2. The maximum Gasteiger partial charge on any atom is 0.308 e. The molecule has 1 heterocycles. The Morgan fingerprint density at radius 2 is 2.10 bits per heavy atom. The molecule has 1 aliphatic rings. The van der Waals surface area contributed by atoms with Crippen LogP contribution in [0.5, 0.6) is 5.75 Å². The summed E-state index contributed by atoms with van der Waals surface area (Å²) in [5, 5.41) is 9.62. The van der Waals surface area contributed by atoms with Crippen LogP contribution in [0.15, 0.2) is 12.1 Å². The molecule has 114 valence electrons. The lowest BCUT2D eigenvalue weighted by Gasteiger charge is -2.18. The van der Waals surface area contributed by atoms with Crippen molar-refractivity contribution in [1.29, 1.82) is 0 Å². The highest BCUT2D eigenvalue weighted by Crippen LogP contribution is 2.31. The minimum absolute atomic E-state index is 0.0724. The summed E-state index contributed by atoms with van der Waals surface area (Å²) >= 11 is 8.14. The zero-order valence-corrected chi connectivity index (χ0v) is 14.5. The number of likely N-dealkylation sites (tertiary alicyclic amines) is 1. The molecule has 1 amide bonds. The van der Waals surface area contributed by atoms with Crippen molar-refractivity contribution < 1.29 is 19.4 Å². The Labute approximate surface area is 141 Å². The second kappa shape index (κ2) is 6.39. The standard InChI is InChI=1S/C14H15ClINO4/c1-7-5-17(6-9(7)14(19)20)13(18)8-3-10(15)11(16)4-12(8)21-2/h3-4,7,9H,5-6H2,1-2H3,(H,19,20). The number of amides is 1. The highest BCUT2D eigenvalue weighted by Gasteiger charge is 2.37. The van der Waals surface area contributed by atoms with E-state index in [1.54, 1.807) is 17.0 Å². The quantitative estimate of drug-likeness (QED) is 0.759. The van der Waals surface area contributed by atoms with E-state index in [0.29, 0.717) is 22.9 Å². The molecule has 1 N–H and O–H groups in total. The number of carboxylic acid groups (broad SMARTS) is 1. The van der Waals surface area contributed by atoms with Crippen LogP contribution in [0.25, 0.3) is 0 Å². The van der Waals surface area contributed by atoms with Crippen LogP contribution < -0.4 is 4.74 Å². The number of rotatable bonds is 3. The van der Waals surface area contributed by atoms with E-state index in [1.165, 1.54) is 7.11 Å². The molecule has 1 aliphatic heterocycles. The van der Waals surface area contributed by atoms with Crippen molar-refractivity contribution in [3.8, 4) is 5.75 Å². The summed E-state index contributed by atoms with van der Waals surface area (Å²) in [4.78, 5) is 25.3. The van der Waals surface area contributed by atoms with E-state index >= 15 is 0 Å². The lowest BCUT2D eigenvalue weighted by Crippen LogP contribution is -2.30. The Balaban J connectivity index is 2.29. The molecule has 5 nitrogen and oxygen atoms in total. The number of carboxylic acids is 1. The minimum Gasteiger partial charge on any atom is -0.496 e. The number of hydrogen-bond acceptors (Lipinski definition) is 3. The first kappa shape index (κ1) is 16.4. The third-order valence-electron chi connectivity index (χ3n) is 3.69. The van der Waals surface area contributed by atoms with Crippen molar-refractivity contribution in [2.75, 3.05) is 20.2 Å². The Morgan fingerprint density at radius 3 is 2.62 bits per heavy atom. The third-order valence-corrected chi connectivity index (χ3v) is 5.21. The zero-order chi connectivity index (χ0) is 15.7. The van der Waals surface area contributed by atoms with Gasteiger partial charge in [0.1, 0.15) is 5.75 Å². The SMILES string of the molecule is COc1cc(I)c(Cl)cc1C(=O)N1CC(C)C(C(=O)O)C1. The number of aliphatic carboxylic acids is 1. The van der Waals surface area contributed by atoms with Gasteiger partial charge in [0.15, 0.2) is 0 Å². The first-order valence-corrected chi connectivity index (χ1v) is 7.86. The molecule has 0 radical (unpaired) electrons. The Bertz CT molecular complexity index is 593. The van der Waals surface area contributed by atoms with Crippen molar-refractivity contribution in [2.24, 2.45) is 11.8 Å². The number of hydrogen-bond donors (Lipinski definition) is 1. The van der Waals surface area contributed by atoms with E-state index in [0.717, 1.165) is 3.57 Å². The van der Waals surface area contributed by atoms with E-state index in [9.17, 15) is 9.59 Å². The van der Waals surface area contributed by atoms with Gasteiger partial charge in [0, 0.05) is 16.7 Å². The first-order chi connectivity index (χ1) is 9.85. The molecule has 1 aromatic carbocycles. The molecule has 21 heavy (non-hydrogen) atoms. The number of carbonyl (C=O) groups excluding carboxylic acids is 1. The number of carbonyl (C=O) groups is 2. The van der Waals surface area contributed by atoms with Crippen LogP contribution in [-0.4, -0.2) is 42.1 Å². The number of nitrogens with zero attached hydrogens (tertiary/aromatic N) is 1. The highest BCUT2D eigenvalue weighted by molar-refractivity contribution is 14.1. The summed E-state index contributed by atoms with van der Waals surface area (Å²) in [5.41, 5.74) is 0.362. The molecule has 0 aliphatic carbocycles. The molecule has 1 fully saturated rings. The van der Waals surface area contributed by atoms with E-state index in [1.807, 2.05) is 6.92 Å². The predicted molar refractivity (Wildman–Crippen MR) is 86.9 cm³/mol. The highest BCUT2D eigenvalue weighted by atomic mass is 127. The van der Waals surface area contributed by atoms with Gasteiger partial charge in [-0.1, -0.05) is 18.5 Å². The predicted octanol–water partition coefficient (Wildman–Crippen LogP) is 2.75. The van der Waals surface area contributed by atoms with Gasteiger partial charge >= 0.3 is 5.97 Å². The van der Waals surface area contributed by atoms with E-state index < -0.39 is 11.9 Å². The number of methoxy groups -OCH3 is 1. The summed E-state index contributed by atoms with van der Waals surface area (Å²) in [6.45, 7) is 2.47. The summed E-state index contributed by atoms with van der Waals surface area (Å²) in [6.07, 6.45) is 0. The Kier molecular flexibility index (Phi) is 4.98. The molecule has 1 saturated heterocycles. The molecular weight excluding hydrogens is 409 g/mol. The average Bonchev–Trinajstić information content (AvgIpc) is 2.82. The smallest absolute Gasteiger partial charge is 0.308 e. The van der Waals surface area contributed by atoms with Crippen molar-refractivity contribution in [1.82, 2.24) is 4.90 Å². The lowest BCUT2D eigenvalue weighted by atomic mass is 9.99. The molecule has 0 aromatic heterocycles. The molecule has 2 atom stereocenters. The van der Waals surface area contributed by atoms with Crippen LogP contribution in [0, 0.1) is 15.4 Å². The van der Waals surface area contributed by atoms with Crippen LogP contribution in [0.3, 0.4) is 0 Å². The average molecular weight is 424 g/mol. The van der Waals surface area contributed by atoms with Crippen LogP contribution in [0.1, 0.15) is 17.3 Å². The van der Waals surface area contributed by atoms with Crippen LogP contribution >= 0.6 is 34.2 Å². The first-order valence-electron chi connectivity index (χ1n) is 6.40. The van der Waals surface area contributed by atoms with Gasteiger partial charge in [-0.2, -0.15) is 0 Å². The second-order valence-corrected chi connectivity index (χ2v) is 6.67. The van der Waals surface area contributed by atoms with Crippen molar-refractivity contribution >= 4 is 46.1 Å². The summed E-state index contributed by atoms with van der Waals surface area (Å²) in [6, 6.07) is 3.27. The molecule has 7 heteroatoms. The van der Waals surface area contributed by atoms with Gasteiger partial charge in [-0.05, 0) is 40.6 Å². The summed E-state index contributed by atoms with van der Waals surface area (Å²) in [7, 11) is 1.49. The molecule has 0 bridgehead atoms. The zero-order valence-electron chi connectivity index (χ0n) is 11.6. The molecule has 2 unspecified atom stereocenters. The fourth-order valence-corrected chi connectivity index (χ4v) is 3.09. The van der Waals surface area contributed by atoms with Crippen molar-refractivity contribution in [3.05, 3.63) is 26.3 Å². The van der Waals surface area contributed by atoms with Gasteiger partial charge in [-0.3, -0.25) is 9.59 Å². The maximum atomic E-state index is 12.6. The van der Waals surface area contributed by atoms with Gasteiger partial charge in [-0.25, -0.2) is 0 Å². The number of ether oxygens (including phenoxy) is 1. The molecular formula is C14H15ClINO4. The fraction of sp³-hybridized carbons (Fsp3) is 0.429. The second-order valence-electron chi connectivity index (χ2n) is 5.10. The van der Waals surface area contributed by atoms with Crippen LogP contribution in [0.2, 0.25) is 5.02 Å². The van der Waals surface area contributed by atoms with Gasteiger partial charge in [-0.15, -0.1) is 0 Å². The minimum atomic E-state index is -0.870. The molecule has 0 spiro atoms. The van der Waals surface area contributed by atoms with E-state index in [-0.39, 0.29) is 18.4 Å². The van der Waals surface area contributed by atoms with E-state index in [4.69, 9.17) is 21.4 Å². The monoisotopic (exact) mass is 423 g/mol. The van der Waals surface area contributed by atoms with Crippen LogP contribution in [-0.2, 0) is 4.79 Å². The Hall–Kier alpha value is -1.02. The normalized spacial score (nSPS) is 21.4. The van der Waals surface area contributed by atoms with Crippen molar-refractivity contribution in [3.63, 3.8) is 0 Å². The number of benzene rings is 1.